The summed E-state index contributed by atoms with van der Waals surface area (Å²) in [5.74, 6) is -0.747. The summed E-state index contributed by atoms with van der Waals surface area (Å²) >= 11 is 7.08. The topological polar surface area (TPSA) is 76.1 Å². The van der Waals surface area contributed by atoms with Crippen molar-refractivity contribution in [1.82, 2.24) is 4.90 Å². The van der Waals surface area contributed by atoms with E-state index in [1.807, 2.05) is 0 Å². The lowest BCUT2D eigenvalue weighted by molar-refractivity contribution is 0.0158. The Kier molecular flexibility index (Phi) is 4.58. The van der Waals surface area contributed by atoms with Crippen LogP contribution in [0.25, 0.3) is 0 Å². The minimum atomic E-state index is -1.06. The molecule has 1 amide bonds. The molecule has 0 fully saturated rings. The van der Waals surface area contributed by atoms with Crippen LogP contribution in [0.3, 0.4) is 0 Å². The highest BCUT2D eigenvalue weighted by Gasteiger charge is 2.34. The van der Waals surface area contributed by atoms with Gasteiger partial charge >= 0.3 is 12.1 Å². The highest BCUT2D eigenvalue weighted by atomic mass is 35.5. The number of hydrogen-bond acceptors (Lipinski definition) is 5. The fraction of sp³-hybridized carbons (Fsp3) is 0.571. The van der Waals surface area contributed by atoms with Crippen molar-refractivity contribution in [3.63, 3.8) is 0 Å². The first-order valence-electron chi connectivity index (χ1n) is 6.73. The number of carboxylic acids is 1. The Morgan fingerprint density at radius 1 is 1.45 bits per heavy atom. The molecule has 1 unspecified atom stereocenters. The van der Waals surface area contributed by atoms with E-state index in [0.29, 0.717) is 22.1 Å². The third-order valence-electron chi connectivity index (χ3n) is 3.19. The molecule has 0 saturated carbocycles. The van der Waals surface area contributed by atoms with Gasteiger partial charge in [-0.1, -0.05) is 11.6 Å². The summed E-state index contributed by atoms with van der Waals surface area (Å²) in [5.41, 5.74) is 0.0541. The molecule has 22 heavy (non-hydrogen) atoms. The van der Waals surface area contributed by atoms with Gasteiger partial charge in [-0.3, -0.25) is 0 Å². The Balaban J connectivity index is 2.15. The van der Waals surface area contributed by atoms with Gasteiger partial charge < -0.3 is 19.5 Å². The lowest BCUT2D eigenvalue weighted by Gasteiger charge is -2.33. The SMILES string of the molecule is CN(C(=O)OC(C)(C)C)C1COc2c(C(=O)O)sc(Cl)c2C1. The molecule has 2 heterocycles. The molecule has 1 aliphatic rings. The molecule has 1 N–H and O–H groups in total. The fourth-order valence-corrected chi connectivity index (χ4v) is 3.33. The number of carboxylic acid groups (broad SMARTS) is 1. The number of ether oxygens (including phenoxy) is 2. The van der Waals surface area contributed by atoms with Crippen LogP contribution < -0.4 is 4.74 Å². The lowest BCUT2D eigenvalue weighted by Crippen LogP contribution is -2.46. The summed E-state index contributed by atoms with van der Waals surface area (Å²) in [6, 6.07) is -0.254. The number of amides is 1. The van der Waals surface area contributed by atoms with E-state index in [4.69, 9.17) is 26.2 Å². The zero-order chi connectivity index (χ0) is 16.7. The zero-order valence-corrected chi connectivity index (χ0v) is 14.4. The summed E-state index contributed by atoms with van der Waals surface area (Å²) in [6.45, 7) is 5.59. The van der Waals surface area contributed by atoms with E-state index in [-0.39, 0.29) is 17.5 Å². The first-order chi connectivity index (χ1) is 10.1. The normalized spacial score (nSPS) is 17.4. The van der Waals surface area contributed by atoms with Crippen molar-refractivity contribution in [2.75, 3.05) is 13.7 Å². The molecule has 0 aromatic carbocycles. The average molecular weight is 348 g/mol. The molecular weight excluding hydrogens is 330 g/mol. The second-order valence-electron chi connectivity index (χ2n) is 6.08. The predicted molar refractivity (Wildman–Crippen MR) is 83.3 cm³/mol. The summed E-state index contributed by atoms with van der Waals surface area (Å²) in [5, 5.41) is 9.13. The molecule has 0 bridgehead atoms. The van der Waals surface area contributed by atoms with Crippen molar-refractivity contribution in [2.24, 2.45) is 0 Å². The smallest absolute Gasteiger partial charge is 0.410 e. The quantitative estimate of drug-likeness (QED) is 0.888. The minimum Gasteiger partial charge on any atom is -0.489 e. The third-order valence-corrected chi connectivity index (χ3v) is 4.64. The van der Waals surface area contributed by atoms with Crippen LogP contribution in [0.2, 0.25) is 4.34 Å². The van der Waals surface area contributed by atoms with Gasteiger partial charge in [0.2, 0.25) is 0 Å². The molecule has 0 saturated heterocycles. The molecular formula is C14H18ClNO5S. The van der Waals surface area contributed by atoms with E-state index in [0.717, 1.165) is 11.3 Å². The number of aromatic carboxylic acids is 1. The molecule has 122 valence electrons. The molecule has 0 spiro atoms. The van der Waals surface area contributed by atoms with Crippen molar-refractivity contribution >= 4 is 35.0 Å². The maximum absolute atomic E-state index is 12.1. The first kappa shape index (κ1) is 16.9. The van der Waals surface area contributed by atoms with Gasteiger partial charge in [-0.15, -0.1) is 11.3 Å². The molecule has 1 atom stereocenters. The van der Waals surface area contributed by atoms with Crippen LogP contribution in [0.1, 0.15) is 36.0 Å². The van der Waals surface area contributed by atoms with Crippen LogP contribution in [0.5, 0.6) is 5.75 Å². The number of nitrogens with zero attached hydrogens (tertiary/aromatic N) is 1. The van der Waals surface area contributed by atoms with Crippen molar-refractivity contribution < 1.29 is 24.2 Å². The van der Waals surface area contributed by atoms with E-state index >= 15 is 0 Å². The van der Waals surface area contributed by atoms with E-state index in [1.165, 1.54) is 4.90 Å². The van der Waals surface area contributed by atoms with E-state index in [9.17, 15) is 9.59 Å². The highest BCUT2D eigenvalue weighted by molar-refractivity contribution is 7.18. The van der Waals surface area contributed by atoms with Gasteiger partial charge in [0, 0.05) is 19.0 Å². The van der Waals surface area contributed by atoms with Crippen LogP contribution in [0, 0.1) is 0 Å². The van der Waals surface area contributed by atoms with Crippen molar-refractivity contribution in [1.29, 1.82) is 0 Å². The van der Waals surface area contributed by atoms with Crippen LogP contribution in [0.15, 0.2) is 0 Å². The third kappa shape index (κ3) is 3.47. The fourth-order valence-electron chi connectivity index (χ4n) is 2.10. The standard InChI is InChI=1S/C14H18ClNO5S/c1-14(2,3)21-13(19)16(4)7-5-8-9(20-6-7)10(12(17)18)22-11(8)15/h7H,5-6H2,1-4H3,(H,17,18). The number of carbonyl (C=O) groups is 2. The highest BCUT2D eigenvalue weighted by Crippen LogP contribution is 2.42. The summed E-state index contributed by atoms with van der Waals surface area (Å²) in [6.07, 6.45) is -0.0115. The van der Waals surface area contributed by atoms with Crippen LogP contribution >= 0.6 is 22.9 Å². The van der Waals surface area contributed by atoms with Gasteiger partial charge in [0.05, 0.1) is 6.04 Å². The largest absolute Gasteiger partial charge is 0.489 e. The molecule has 1 aromatic heterocycles. The Morgan fingerprint density at radius 2 is 2.09 bits per heavy atom. The maximum atomic E-state index is 12.1. The number of likely N-dealkylation sites (N-methyl/N-ethyl adjacent to an activating group) is 1. The van der Waals surface area contributed by atoms with Crippen molar-refractivity contribution in [3.05, 3.63) is 14.8 Å². The summed E-state index contributed by atoms with van der Waals surface area (Å²) in [7, 11) is 1.63. The number of carbonyl (C=O) groups excluding carboxylic acids is 1. The van der Waals surface area contributed by atoms with Gasteiger partial charge in [0.15, 0.2) is 4.88 Å². The molecule has 2 rings (SSSR count). The number of thiophene rings is 1. The molecule has 0 aliphatic carbocycles. The van der Waals surface area contributed by atoms with Crippen LogP contribution in [0.4, 0.5) is 4.79 Å². The van der Waals surface area contributed by atoms with Gasteiger partial charge in [0.25, 0.3) is 0 Å². The van der Waals surface area contributed by atoms with Gasteiger partial charge in [-0.05, 0) is 20.8 Å². The molecule has 1 aliphatic heterocycles. The summed E-state index contributed by atoms with van der Waals surface area (Å²) < 4.78 is 11.3. The first-order valence-corrected chi connectivity index (χ1v) is 7.92. The number of rotatable bonds is 2. The van der Waals surface area contributed by atoms with Gasteiger partial charge in [-0.2, -0.15) is 0 Å². The minimum absolute atomic E-state index is 0.0957. The predicted octanol–water partition coefficient (Wildman–Crippen LogP) is 3.27. The molecule has 8 heteroatoms. The second kappa shape index (κ2) is 5.96. The Morgan fingerprint density at radius 3 is 2.64 bits per heavy atom. The molecule has 1 aromatic rings. The maximum Gasteiger partial charge on any atom is 0.410 e. The average Bonchev–Trinajstić information content (AvgIpc) is 2.73. The monoisotopic (exact) mass is 347 g/mol. The van der Waals surface area contributed by atoms with Crippen molar-refractivity contribution in [2.45, 2.75) is 38.8 Å². The Hall–Kier alpha value is -1.47. The number of hydrogen-bond donors (Lipinski definition) is 1. The molecule has 0 radical (unpaired) electrons. The van der Waals surface area contributed by atoms with Crippen LogP contribution in [-0.4, -0.2) is 47.4 Å². The van der Waals surface area contributed by atoms with E-state index < -0.39 is 17.7 Å². The number of halogens is 1. The van der Waals surface area contributed by atoms with Gasteiger partial charge in [0.1, 0.15) is 22.3 Å². The van der Waals surface area contributed by atoms with E-state index in [1.54, 1.807) is 27.8 Å². The van der Waals surface area contributed by atoms with Crippen molar-refractivity contribution in [3.8, 4) is 5.75 Å². The summed E-state index contributed by atoms with van der Waals surface area (Å²) in [4.78, 5) is 24.8. The molecule has 6 nitrogen and oxygen atoms in total. The Labute approximate surface area is 137 Å². The second-order valence-corrected chi connectivity index (χ2v) is 7.70. The zero-order valence-electron chi connectivity index (χ0n) is 12.8. The van der Waals surface area contributed by atoms with Gasteiger partial charge in [-0.25, -0.2) is 9.59 Å². The Bertz CT molecular complexity index is 607. The lowest BCUT2D eigenvalue weighted by atomic mass is 10.0. The number of fused-ring (bicyclic) bond motifs is 1. The van der Waals surface area contributed by atoms with Crippen LogP contribution in [-0.2, 0) is 11.2 Å². The van der Waals surface area contributed by atoms with E-state index in [2.05, 4.69) is 0 Å².